The molecule has 2 aliphatic rings. The fourth-order valence-electron chi connectivity index (χ4n) is 2.57. The lowest BCUT2D eigenvalue weighted by Gasteiger charge is -2.29. The zero-order valence-corrected chi connectivity index (χ0v) is 13.0. The normalized spacial score (nSPS) is 27.6. The van der Waals surface area contributed by atoms with Crippen molar-refractivity contribution in [2.24, 2.45) is 0 Å². The molecule has 0 saturated carbocycles. The molecule has 0 unspecified atom stereocenters. The maximum atomic E-state index is 12.1. The van der Waals surface area contributed by atoms with Crippen LogP contribution in [0.2, 0.25) is 0 Å². The summed E-state index contributed by atoms with van der Waals surface area (Å²) in [7, 11) is 1.54. The van der Waals surface area contributed by atoms with Crippen molar-refractivity contribution < 1.29 is 23.9 Å². The van der Waals surface area contributed by atoms with Crippen LogP contribution in [0.5, 0.6) is 0 Å². The predicted molar refractivity (Wildman–Crippen MR) is 76.6 cm³/mol. The van der Waals surface area contributed by atoms with E-state index in [4.69, 9.17) is 9.47 Å². The third-order valence-electron chi connectivity index (χ3n) is 3.69. The van der Waals surface area contributed by atoms with Gasteiger partial charge in [-0.05, 0) is 13.3 Å². The summed E-state index contributed by atoms with van der Waals surface area (Å²) in [4.78, 5) is 36.7. The van der Waals surface area contributed by atoms with Crippen molar-refractivity contribution in [1.82, 2.24) is 10.2 Å². The van der Waals surface area contributed by atoms with E-state index in [9.17, 15) is 14.4 Å². The van der Waals surface area contributed by atoms with Crippen molar-refractivity contribution in [2.75, 3.05) is 32.6 Å². The summed E-state index contributed by atoms with van der Waals surface area (Å²) in [6.45, 7) is 2.41. The second kappa shape index (κ2) is 6.65. The van der Waals surface area contributed by atoms with Crippen LogP contribution >= 0.6 is 11.8 Å². The van der Waals surface area contributed by atoms with Crippen LogP contribution in [0.25, 0.3) is 0 Å². The third-order valence-corrected chi connectivity index (χ3v) is 5.20. The van der Waals surface area contributed by atoms with E-state index in [2.05, 4.69) is 5.32 Å². The number of carbonyl (C=O) groups is 3. The molecule has 21 heavy (non-hydrogen) atoms. The van der Waals surface area contributed by atoms with Gasteiger partial charge in [-0.15, -0.1) is 11.8 Å². The van der Waals surface area contributed by atoms with E-state index < -0.39 is 12.0 Å². The number of thioether (sulfide) groups is 1. The Morgan fingerprint density at radius 3 is 3.00 bits per heavy atom. The van der Waals surface area contributed by atoms with Crippen LogP contribution in [0.4, 0.5) is 0 Å². The fraction of sp³-hybridized carbons (Fsp3) is 0.769. The number of hydrogen-bond donors (Lipinski definition) is 1. The lowest BCUT2D eigenvalue weighted by atomic mass is 10.2. The molecule has 2 aliphatic heterocycles. The second-order valence-electron chi connectivity index (χ2n) is 5.22. The first-order valence-electron chi connectivity index (χ1n) is 6.86. The molecule has 8 heteroatoms. The van der Waals surface area contributed by atoms with Crippen LogP contribution in [-0.4, -0.2) is 66.2 Å². The van der Waals surface area contributed by atoms with E-state index in [0.717, 1.165) is 6.42 Å². The molecule has 2 heterocycles. The van der Waals surface area contributed by atoms with E-state index in [1.807, 2.05) is 6.92 Å². The number of fused-ring (bicyclic) bond motifs is 1. The van der Waals surface area contributed by atoms with Crippen LogP contribution in [0.3, 0.4) is 0 Å². The van der Waals surface area contributed by atoms with Gasteiger partial charge in [0.05, 0.1) is 11.5 Å². The number of nitrogens with zero attached hydrogens (tertiary/aromatic N) is 1. The molecule has 0 aromatic rings. The Balaban J connectivity index is 1.81. The van der Waals surface area contributed by atoms with E-state index in [1.165, 1.54) is 7.11 Å². The van der Waals surface area contributed by atoms with Gasteiger partial charge in [0.25, 0.3) is 5.91 Å². The zero-order chi connectivity index (χ0) is 15.5. The van der Waals surface area contributed by atoms with Gasteiger partial charge in [0, 0.05) is 25.8 Å². The molecule has 0 spiro atoms. The number of ether oxygens (including phenoxy) is 2. The summed E-state index contributed by atoms with van der Waals surface area (Å²) < 4.78 is 9.82. The van der Waals surface area contributed by atoms with E-state index in [0.29, 0.717) is 25.3 Å². The molecule has 0 bridgehead atoms. The van der Waals surface area contributed by atoms with E-state index in [1.54, 1.807) is 16.7 Å². The first kappa shape index (κ1) is 16.1. The van der Waals surface area contributed by atoms with Gasteiger partial charge < -0.3 is 19.7 Å². The number of nitrogens with one attached hydrogen (secondary N) is 1. The minimum absolute atomic E-state index is 0.0194. The summed E-state index contributed by atoms with van der Waals surface area (Å²) in [5.41, 5.74) is 0. The van der Waals surface area contributed by atoms with Crippen molar-refractivity contribution in [1.29, 1.82) is 0 Å². The predicted octanol–water partition coefficient (Wildman–Crippen LogP) is -0.254. The number of carbonyl (C=O) groups excluding carboxylic acids is 3. The van der Waals surface area contributed by atoms with Gasteiger partial charge in [-0.25, -0.2) is 4.79 Å². The number of hydrogen-bond acceptors (Lipinski definition) is 6. The Hall–Kier alpha value is -1.28. The summed E-state index contributed by atoms with van der Waals surface area (Å²) in [6.07, 6.45) is 1.21. The number of rotatable bonds is 6. The Bertz CT molecular complexity index is 444. The van der Waals surface area contributed by atoms with Crippen LogP contribution in [0, 0.1) is 0 Å². The monoisotopic (exact) mass is 316 g/mol. The molecule has 0 aromatic carbocycles. The lowest BCUT2D eigenvalue weighted by Crippen LogP contribution is -2.47. The molecule has 0 aliphatic carbocycles. The highest BCUT2D eigenvalue weighted by atomic mass is 32.2. The Morgan fingerprint density at radius 2 is 2.29 bits per heavy atom. The summed E-state index contributed by atoms with van der Waals surface area (Å²) in [5.74, 6) is -0.384. The summed E-state index contributed by atoms with van der Waals surface area (Å²) >= 11 is 1.59. The number of amides is 2. The SMILES string of the molecule is COCCNC(=O)COC(=O)[C@H]1CS[C@@]2(C)CCC(=O)N12. The molecule has 2 fully saturated rings. The lowest BCUT2D eigenvalue weighted by molar-refractivity contribution is -0.156. The van der Waals surface area contributed by atoms with Crippen LogP contribution < -0.4 is 5.32 Å². The fourth-order valence-corrected chi connectivity index (χ4v) is 3.99. The van der Waals surface area contributed by atoms with Crippen LogP contribution in [0.15, 0.2) is 0 Å². The molecule has 2 rings (SSSR count). The standard InChI is InChI=1S/C13H20N2O5S/c1-13-4-3-11(17)15(13)9(8-21-13)12(18)20-7-10(16)14-5-6-19-2/h9H,3-8H2,1-2H3,(H,14,16)/t9-,13+/m1/s1. The van der Waals surface area contributed by atoms with Crippen molar-refractivity contribution in [3.05, 3.63) is 0 Å². The van der Waals surface area contributed by atoms with E-state index >= 15 is 0 Å². The number of esters is 1. The maximum absolute atomic E-state index is 12.1. The van der Waals surface area contributed by atoms with Crippen LogP contribution in [0.1, 0.15) is 19.8 Å². The van der Waals surface area contributed by atoms with Gasteiger partial charge in [-0.3, -0.25) is 9.59 Å². The minimum atomic E-state index is -0.582. The Labute approximate surface area is 127 Å². The molecule has 0 radical (unpaired) electrons. The summed E-state index contributed by atoms with van der Waals surface area (Å²) in [5, 5.41) is 2.57. The molecule has 2 saturated heterocycles. The largest absolute Gasteiger partial charge is 0.454 e. The summed E-state index contributed by atoms with van der Waals surface area (Å²) in [6, 6.07) is -0.582. The van der Waals surface area contributed by atoms with Gasteiger partial charge >= 0.3 is 5.97 Å². The van der Waals surface area contributed by atoms with Crippen molar-refractivity contribution in [3.8, 4) is 0 Å². The second-order valence-corrected chi connectivity index (χ2v) is 6.72. The van der Waals surface area contributed by atoms with Gasteiger partial charge in [0.1, 0.15) is 6.04 Å². The van der Waals surface area contributed by atoms with Crippen molar-refractivity contribution in [3.63, 3.8) is 0 Å². The minimum Gasteiger partial charge on any atom is -0.454 e. The smallest absolute Gasteiger partial charge is 0.330 e. The Morgan fingerprint density at radius 1 is 1.52 bits per heavy atom. The average molecular weight is 316 g/mol. The van der Waals surface area contributed by atoms with Crippen molar-refractivity contribution in [2.45, 2.75) is 30.7 Å². The van der Waals surface area contributed by atoms with Crippen LogP contribution in [-0.2, 0) is 23.9 Å². The van der Waals surface area contributed by atoms with Crippen molar-refractivity contribution >= 4 is 29.5 Å². The zero-order valence-electron chi connectivity index (χ0n) is 12.2. The molecule has 0 aromatic heterocycles. The topological polar surface area (TPSA) is 84.9 Å². The first-order valence-corrected chi connectivity index (χ1v) is 7.85. The van der Waals surface area contributed by atoms with Gasteiger partial charge in [0.15, 0.2) is 6.61 Å². The van der Waals surface area contributed by atoms with E-state index in [-0.39, 0.29) is 23.3 Å². The Kier molecular flexibility index (Phi) is 5.10. The molecule has 2 amide bonds. The first-order chi connectivity index (χ1) is 9.98. The van der Waals surface area contributed by atoms with Gasteiger partial charge in [-0.2, -0.15) is 0 Å². The molecule has 1 N–H and O–H groups in total. The molecule has 2 atom stereocenters. The van der Waals surface area contributed by atoms with Gasteiger partial charge in [-0.1, -0.05) is 0 Å². The highest BCUT2D eigenvalue weighted by molar-refractivity contribution is 8.01. The molecule has 118 valence electrons. The quantitative estimate of drug-likeness (QED) is 0.537. The molecule has 7 nitrogen and oxygen atoms in total. The highest BCUT2D eigenvalue weighted by Crippen LogP contribution is 2.47. The number of methoxy groups -OCH3 is 1. The maximum Gasteiger partial charge on any atom is 0.330 e. The average Bonchev–Trinajstić information content (AvgIpc) is 2.94. The highest BCUT2D eigenvalue weighted by Gasteiger charge is 2.53. The third kappa shape index (κ3) is 3.49. The molecular formula is C13H20N2O5S. The van der Waals surface area contributed by atoms with Gasteiger partial charge in [0.2, 0.25) is 5.91 Å². The molecular weight excluding hydrogens is 296 g/mol.